The summed E-state index contributed by atoms with van der Waals surface area (Å²) < 4.78 is 10.9. The van der Waals surface area contributed by atoms with E-state index in [0.717, 1.165) is 33.3 Å². The number of aliphatic hydroxyl groups is 1. The van der Waals surface area contributed by atoms with Crippen molar-refractivity contribution in [3.8, 4) is 11.5 Å². The number of H-pyrrole nitrogens is 1. The van der Waals surface area contributed by atoms with Crippen molar-refractivity contribution < 1.29 is 24.2 Å². The second-order valence-electron chi connectivity index (χ2n) is 9.34. The largest absolute Gasteiger partial charge is 0.507 e. The van der Waals surface area contributed by atoms with Crippen LogP contribution in [0.1, 0.15) is 35.2 Å². The van der Waals surface area contributed by atoms with E-state index in [1.165, 1.54) is 0 Å². The molecule has 3 aromatic carbocycles. The maximum absolute atomic E-state index is 13.4. The number of fused-ring (bicyclic) bond motifs is 1. The van der Waals surface area contributed by atoms with Gasteiger partial charge in [-0.05, 0) is 73.9 Å². The van der Waals surface area contributed by atoms with Gasteiger partial charge < -0.3 is 24.5 Å². The number of carbonyl (C=O) groups excluding carboxylic acids is 2. The van der Waals surface area contributed by atoms with Crippen LogP contribution in [0.5, 0.6) is 11.5 Å². The Bertz CT molecular complexity index is 1520. The van der Waals surface area contributed by atoms with Crippen molar-refractivity contribution in [2.45, 2.75) is 26.3 Å². The Morgan fingerprint density at radius 2 is 1.71 bits per heavy atom. The molecule has 2 heterocycles. The first-order valence-electron chi connectivity index (χ1n) is 12.6. The summed E-state index contributed by atoms with van der Waals surface area (Å²) in [5.74, 6) is -0.108. The minimum atomic E-state index is -0.707. The van der Waals surface area contributed by atoms with Gasteiger partial charge in [0, 0.05) is 29.2 Å². The summed E-state index contributed by atoms with van der Waals surface area (Å²) >= 11 is 0. The van der Waals surface area contributed by atoms with Crippen LogP contribution in [-0.2, 0) is 16.0 Å². The molecule has 1 aliphatic rings. The van der Waals surface area contributed by atoms with Gasteiger partial charge in [0.1, 0.15) is 17.3 Å². The fourth-order valence-electron chi connectivity index (χ4n) is 4.97. The van der Waals surface area contributed by atoms with Gasteiger partial charge in [0.05, 0.1) is 25.3 Å². The van der Waals surface area contributed by atoms with Crippen LogP contribution >= 0.6 is 0 Å². The van der Waals surface area contributed by atoms with E-state index in [4.69, 9.17) is 9.47 Å². The van der Waals surface area contributed by atoms with E-state index in [1.807, 2.05) is 62.5 Å². The molecule has 7 nitrogen and oxygen atoms in total. The van der Waals surface area contributed by atoms with E-state index in [2.05, 4.69) is 4.98 Å². The number of hydrogen-bond donors (Lipinski definition) is 2. The van der Waals surface area contributed by atoms with E-state index < -0.39 is 17.7 Å². The molecular weight excluding hydrogens is 480 g/mol. The quantitative estimate of drug-likeness (QED) is 0.184. The number of likely N-dealkylation sites (tertiary alicyclic amines) is 1. The zero-order valence-corrected chi connectivity index (χ0v) is 21.7. The molecule has 0 bridgehead atoms. The molecule has 194 valence electrons. The number of aromatic amines is 1. The molecule has 1 fully saturated rings. The Labute approximate surface area is 221 Å². The first kappa shape index (κ1) is 25.1. The second kappa shape index (κ2) is 10.5. The summed E-state index contributed by atoms with van der Waals surface area (Å²) in [5.41, 5.74) is 4.34. The minimum absolute atomic E-state index is 0.0867. The van der Waals surface area contributed by atoms with Crippen LogP contribution in [0.2, 0.25) is 0 Å². The summed E-state index contributed by atoms with van der Waals surface area (Å²) in [7, 11) is 1.62. The number of hydrogen-bond acceptors (Lipinski definition) is 5. The lowest BCUT2D eigenvalue weighted by Gasteiger charge is -2.25. The molecule has 38 heavy (non-hydrogen) atoms. The first-order chi connectivity index (χ1) is 18.4. The number of nitrogens with one attached hydrogen (secondary N) is 1. The van der Waals surface area contributed by atoms with Gasteiger partial charge in [-0.15, -0.1) is 0 Å². The standard InChI is InChI=1S/C31H30N2O5/c1-4-38-23-11-9-21(10-12-23)29(34)27-28(20-7-5-19(2)6-8-20)33(31(36)30(27)35)16-15-22-18-32-26-14-13-24(37-3)17-25(22)26/h5-14,17-18,28,32,34H,4,15-16H2,1-3H3/t28-/m0/s1. The minimum Gasteiger partial charge on any atom is -0.507 e. The Kier molecular flexibility index (Phi) is 6.92. The molecule has 1 aliphatic heterocycles. The number of benzene rings is 3. The Morgan fingerprint density at radius 1 is 1.00 bits per heavy atom. The van der Waals surface area contributed by atoms with Crippen molar-refractivity contribution in [1.29, 1.82) is 0 Å². The molecule has 0 unspecified atom stereocenters. The van der Waals surface area contributed by atoms with Crippen LogP contribution in [0.25, 0.3) is 16.7 Å². The lowest BCUT2D eigenvalue weighted by molar-refractivity contribution is -0.139. The van der Waals surface area contributed by atoms with Crippen molar-refractivity contribution in [1.82, 2.24) is 9.88 Å². The third kappa shape index (κ3) is 4.63. The van der Waals surface area contributed by atoms with E-state index in [1.54, 1.807) is 36.3 Å². The molecule has 7 heteroatoms. The van der Waals surface area contributed by atoms with Crippen molar-refractivity contribution in [3.63, 3.8) is 0 Å². The van der Waals surface area contributed by atoms with Gasteiger partial charge in [-0.25, -0.2) is 0 Å². The smallest absolute Gasteiger partial charge is 0.295 e. The van der Waals surface area contributed by atoms with Crippen LogP contribution in [-0.4, -0.2) is 46.9 Å². The predicted octanol–water partition coefficient (Wildman–Crippen LogP) is 5.55. The monoisotopic (exact) mass is 510 g/mol. The first-order valence-corrected chi connectivity index (χ1v) is 12.6. The van der Waals surface area contributed by atoms with Crippen molar-refractivity contribution in [2.24, 2.45) is 0 Å². The highest BCUT2D eigenvalue weighted by molar-refractivity contribution is 6.46. The summed E-state index contributed by atoms with van der Waals surface area (Å²) in [4.78, 5) is 31.5. The number of rotatable bonds is 8. The molecule has 5 rings (SSSR count). The lowest BCUT2D eigenvalue weighted by atomic mass is 9.94. The molecule has 2 N–H and O–H groups in total. The third-order valence-corrected chi connectivity index (χ3v) is 6.97. The molecule has 0 spiro atoms. The summed E-state index contributed by atoms with van der Waals surface area (Å²) in [5, 5.41) is 12.3. The van der Waals surface area contributed by atoms with E-state index in [9.17, 15) is 14.7 Å². The van der Waals surface area contributed by atoms with Crippen LogP contribution < -0.4 is 9.47 Å². The normalized spacial score (nSPS) is 16.8. The molecule has 0 saturated carbocycles. The number of carbonyl (C=O) groups is 2. The van der Waals surface area contributed by atoms with Gasteiger partial charge in [-0.3, -0.25) is 9.59 Å². The van der Waals surface area contributed by atoms with E-state index in [0.29, 0.717) is 30.9 Å². The fraction of sp³-hybridized carbons (Fsp3) is 0.226. The highest BCUT2D eigenvalue weighted by Crippen LogP contribution is 2.40. The summed E-state index contributed by atoms with van der Waals surface area (Å²) in [6.45, 7) is 4.69. The summed E-state index contributed by atoms with van der Waals surface area (Å²) in [6.07, 6.45) is 2.44. The van der Waals surface area contributed by atoms with Gasteiger partial charge in [-0.2, -0.15) is 0 Å². The number of ketones is 1. The van der Waals surface area contributed by atoms with Crippen molar-refractivity contribution >= 4 is 28.4 Å². The molecule has 1 aromatic heterocycles. The maximum Gasteiger partial charge on any atom is 0.295 e. The van der Waals surface area contributed by atoms with Crippen LogP contribution in [0.15, 0.2) is 78.5 Å². The number of methoxy groups -OCH3 is 1. The molecule has 4 aromatic rings. The van der Waals surface area contributed by atoms with E-state index in [-0.39, 0.29) is 11.3 Å². The highest BCUT2D eigenvalue weighted by Gasteiger charge is 2.45. The molecule has 1 atom stereocenters. The molecule has 1 saturated heterocycles. The molecule has 1 amide bonds. The van der Waals surface area contributed by atoms with E-state index >= 15 is 0 Å². The average molecular weight is 511 g/mol. The average Bonchev–Trinajstić information content (AvgIpc) is 3.45. The SMILES string of the molecule is CCOc1ccc(C(O)=C2C(=O)C(=O)N(CCc3c[nH]c4ccc(OC)cc34)[C@H]2c2ccc(C)cc2)cc1. The predicted molar refractivity (Wildman–Crippen MR) is 146 cm³/mol. The number of aromatic nitrogens is 1. The van der Waals surface area contributed by atoms with Crippen molar-refractivity contribution in [2.75, 3.05) is 20.3 Å². The number of nitrogens with zero attached hydrogens (tertiary/aromatic N) is 1. The highest BCUT2D eigenvalue weighted by atomic mass is 16.5. The Balaban J connectivity index is 1.53. The van der Waals surface area contributed by atoms with Crippen molar-refractivity contribution in [3.05, 3.63) is 101 Å². The Morgan fingerprint density at radius 3 is 2.39 bits per heavy atom. The maximum atomic E-state index is 13.4. The number of ether oxygens (including phenoxy) is 2. The molecular formula is C31H30N2O5. The fourth-order valence-corrected chi connectivity index (χ4v) is 4.97. The topological polar surface area (TPSA) is 91.9 Å². The van der Waals surface area contributed by atoms with Crippen LogP contribution in [0.4, 0.5) is 0 Å². The molecule has 0 aliphatic carbocycles. The Hall–Kier alpha value is -4.52. The van der Waals surface area contributed by atoms with Gasteiger partial charge in [-0.1, -0.05) is 29.8 Å². The van der Waals surface area contributed by atoms with Gasteiger partial charge in [0.2, 0.25) is 0 Å². The van der Waals surface area contributed by atoms with Gasteiger partial charge >= 0.3 is 0 Å². The number of amides is 1. The number of aryl methyl sites for hydroxylation is 1. The van der Waals surface area contributed by atoms with Crippen LogP contribution in [0, 0.1) is 6.92 Å². The third-order valence-electron chi connectivity index (χ3n) is 6.97. The summed E-state index contributed by atoms with van der Waals surface area (Å²) in [6, 6.07) is 19.6. The zero-order valence-electron chi connectivity index (χ0n) is 21.7. The number of Topliss-reactive ketones (excluding diaryl/α,β-unsaturated/α-hetero) is 1. The molecule has 0 radical (unpaired) electrons. The van der Waals surface area contributed by atoms with Gasteiger partial charge in [0.15, 0.2) is 0 Å². The zero-order chi connectivity index (χ0) is 26.8. The van der Waals surface area contributed by atoms with Gasteiger partial charge in [0.25, 0.3) is 11.7 Å². The van der Waals surface area contributed by atoms with Crippen LogP contribution in [0.3, 0.4) is 0 Å². The second-order valence-corrected chi connectivity index (χ2v) is 9.34. The lowest BCUT2D eigenvalue weighted by Crippen LogP contribution is -2.31. The number of aliphatic hydroxyl groups excluding tert-OH is 1.